The monoisotopic (exact) mass is 554 g/mol. The second kappa shape index (κ2) is 9.52. The van der Waals surface area contributed by atoms with E-state index in [2.05, 4.69) is 91.8 Å². The van der Waals surface area contributed by atoms with Crippen LogP contribution in [0.5, 0.6) is 0 Å². The van der Waals surface area contributed by atoms with Crippen molar-refractivity contribution in [1.29, 1.82) is 0 Å². The van der Waals surface area contributed by atoms with Crippen LogP contribution in [0, 0.1) is 0 Å². The summed E-state index contributed by atoms with van der Waals surface area (Å²) in [6, 6.07) is 8.75. The summed E-state index contributed by atoms with van der Waals surface area (Å²) in [6.07, 6.45) is 4.17. The van der Waals surface area contributed by atoms with E-state index in [0.717, 1.165) is 33.4 Å². The predicted octanol–water partition coefficient (Wildman–Crippen LogP) is 10.7. The fourth-order valence-corrected chi connectivity index (χ4v) is 13.6. The van der Waals surface area contributed by atoms with Crippen LogP contribution in [0.1, 0.15) is 145 Å². The van der Waals surface area contributed by atoms with Gasteiger partial charge in [-0.2, -0.15) is 0 Å². The standard InChI is InChI=1S/2C16H21.2FH.Zr/c2*1-10(2)13-8-14-6-12(5)7-16(14)15(9-13)11(3)4;;;/h2*6-11H,1-5H3;2*1H;/q;;;;+2/p-2. The Bertz CT molecular complexity index is 1120. The van der Waals surface area contributed by atoms with Crippen molar-refractivity contribution in [2.75, 3.05) is 0 Å². The number of halogens is 2. The molecule has 0 spiro atoms. The molecule has 0 aromatic heterocycles. The van der Waals surface area contributed by atoms with Crippen LogP contribution in [0.4, 0.5) is 5.25 Å². The molecule has 0 N–H and O–H groups in total. The van der Waals surface area contributed by atoms with E-state index in [0.29, 0.717) is 23.7 Å². The molecule has 188 valence electrons. The van der Waals surface area contributed by atoms with Gasteiger partial charge in [0.1, 0.15) is 0 Å². The first kappa shape index (κ1) is 26.7. The average molecular weight is 556 g/mol. The molecule has 0 saturated carbocycles. The minimum atomic E-state index is -5.81. The van der Waals surface area contributed by atoms with E-state index in [1.807, 2.05) is 13.8 Å². The van der Waals surface area contributed by atoms with Crippen molar-refractivity contribution in [3.63, 3.8) is 0 Å². The topological polar surface area (TPSA) is 0 Å². The zero-order valence-corrected chi connectivity index (χ0v) is 25.6. The van der Waals surface area contributed by atoms with Crippen LogP contribution >= 0.6 is 0 Å². The molecule has 2 aromatic rings. The summed E-state index contributed by atoms with van der Waals surface area (Å²) in [6.45, 7) is 21.3. The van der Waals surface area contributed by atoms with Crippen LogP contribution in [0.15, 0.2) is 35.4 Å². The number of hydrogen-bond acceptors (Lipinski definition) is 0. The van der Waals surface area contributed by atoms with Crippen molar-refractivity contribution in [2.24, 2.45) is 0 Å². The van der Waals surface area contributed by atoms with Gasteiger partial charge in [-0.1, -0.05) is 0 Å². The van der Waals surface area contributed by atoms with E-state index < -0.39 is 28.7 Å². The normalized spacial score (nSPS) is 19.7. The van der Waals surface area contributed by atoms with Gasteiger partial charge in [-0.05, 0) is 0 Å². The first-order valence-corrected chi connectivity index (χ1v) is 18.0. The van der Waals surface area contributed by atoms with Gasteiger partial charge in [0.05, 0.1) is 0 Å². The van der Waals surface area contributed by atoms with Crippen molar-refractivity contribution in [3.05, 3.63) is 79.9 Å². The van der Waals surface area contributed by atoms with E-state index in [9.17, 15) is 0 Å². The van der Waals surface area contributed by atoms with Crippen molar-refractivity contribution < 1.29 is 26.7 Å². The summed E-state index contributed by atoms with van der Waals surface area (Å²) in [4.78, 5) is 0. The van der Waals surface area contributed by atoms with Crippen LogP contribution in [-0.4, -0.2) is 0 Å². The SMILES string of the molecule is CC1=Cc2c(C(C)C)cc(C(C)C)cc2[CH]1[Zr]([F])([F])[CH]1C(C)=Cc2c(C(C)C)cc(C(C)C)cc21. The molecule has 0 aliphatic heterocycles. The van der Waals surface area contributed by atoms with Gasteiger partial charge in [0, 0.05) is 0 Å². The molecular formula is C32H42F2Zr. The molecule has 2 aliphatic carbocycles. The molecule has 2 aliphatic rings. The molecule has 4 rings (SSSR count). The maximum atomic E-state index is 17.2. The Hall–Kier alpha value is -1.34. The maximum absolute atomic E-state index is 17.2. The number of fused-ring (bicyclic) bond motifs is 2. The van der Waals surface area contributed by atoms with Crippen LogP contribution in [-0.2, 0) is 21.5 Å². The summed E-state index contributed by atoms with van der Waals surface area (Å²) < 4.78 is 32.9. The van der Waals surface area contributed by atoms with Gasteiger partial charge in [-0.15, -0.1) is 0 Å². The number of allylic oxidation sites excluding steroid dienone is 2. The summed E-state index contributed by atoms with van der Waals surface area (Å²) >= 11 is -5.81. The van der Waals surface area contributed by atoms with Crippen LogP contribution < -0.4 is 0 Å². The van der Waals surface area contributed by atoms with Crippen molar-refractivity contribution in [3.8, 4) is 0 Å². The Morgan fingerprint density at radius 2 is 0.914 bits per heavy atom. The van der Waals surface area contributed by atoms with E-state index in [1.54, 1.807) is 0 Å². The first-order valence-electron chi connectivity index (χ1n) is 13.3. The van der Waals surface area contributed by atoms with Gasteiger partial charge in [0.15, 0.2) is 0 Å². The van der Waals surface area contributed by atoms with Gasteiger partial charge in [-0.25, -0.2) is 0 Å². The van der Waals surface area contributed by atoms with Crippen LogP contribution in [0.2, 0.25) is 0 Å². The third-order valence-electron chi connectivity index (χ3n) is 8.16. The first-order chi connectivity index (χ1) is 16.2. The van der Waals surface area contributed by atoms with Gasteiger partial charge in [0.2, 0.25) is 0 Å². The molecule has 0 bridgehead atoms. The number of hydrogen-bond donors (Lipinski definition) is 0. The summed E-state index contributed by atoms with van der Waals surface area (Å²) in [5.74, 6) is 1.26. The van der Waals surface area contributed by atoms with Crippen LogP contribution in [0.3, 0.4) is 0 Å². The summed E-state index contributed by atoms with van der Waals surface area (Å²) in [7, 11) is 0. The average Bonchev–Trinajstić information content (AvgIpc) is 3.27. The fraction of sp³-hybridized carbons (Fsp3) is 0.500. The molecule has 2 unspecified atom stereocenters. The summed E-state index contributed by atoms with van der Waals surface area (Å²) in [5, 5.41) is 0. The number of rotatable bonds is 6. The van der Waals surface area contributed by atoms with E-state index in [1.165, 1.54) is 22.3 Å². The molecule has 35 heavy (non-hydrogen) atoms. The second-order valence-electron chi connectivity index (χ2n) is 12.2. The third-order valence-corrected chi connectivity index (χ3v) is 15.7. The Balaban J connectivity index is 1.91. The Kier molecular flexibility index (Phi) is 7.26. The minimum absolute atomic E-state index is 0.310. The molecule has 0 fully saturated rings. The molecule has 0 nitrogen and oxygen atoms in total. The molecule has 2 aromatic carbocycles. The van der Waals surface area contributed by atoms with Gasteiger partial charge >= 0.3 is 219 Å². The molecule has 2 atom stereocenters. The van der Waals surface area contributed by atoms with Gasteiger partial charge in [0.25, 0.3) is 0 Å². The van der Waals surface area contributed by atoms with Crippen molar-refractivity contribution >= 4 is 12.2 Å². The molecule has 0 amide bonds. The Labute approximate surface area is 218 Å². The Morgan fingerprint density at radius 3 is 1.20 bits per heavy atom. The van der Waals surface area contributed by atoms with E-state index in [-0.39, 0.29) is 0 Å². The van der Waals surface area contributed by atoms with Crippen LogP contribution in [0.25, 0.3) is 12.2 Å². The van der Waals surface area contributed by atoms with Gasteiger partial charge in [-0.3, -0.25) is 0 Å². The quantitative estimate of drug-likeness (QED) is 0.332. The Morgan fingerprint density at radius 1 is 0.571 bits per heavy atom. The molecule has 0 heterocycles. The predicted molar refractivity (Wildman–Crippen MR) is 144 cm³/mol. The fourth-order valence-electron chi connectivity index (χ4n) is 6.18. The zero-order chi connectivity index (χ0) is 26.0. The zero-order valence-electron chi connectivity index (χ0n) is 23.2. The van der Waals surface area contributed by atoms with Crippen molar-refractivity contribution in [2.45, 2.75) is 100 Å². The second-order valence-corrected chi connectivity index (χ2v) is 18.3. The third kappa shape index (κ3) is 4.49. The summed E-state index contributed by atoms with van der Waals surface area (Å²) in [5.41, 5.74) is 10.5. The molecule has 0 saturated heterocycles. The number of benzene rings is 2. The van der Waals surface area contributed by atoms with E-state index in [4.69, 9.17) is 0 Å². The molecular weight excluding hydrogens is 514 g/mol. The molecule has 0 radical (unpaired) electrons. The van der Waals surface area contributed by atoms with Gasteiger partial charge < -0.3 is 0 Å². The van der Waals surface area contributed by atoms with Crippen molar-refractivity contribution in [1.82, 2.24) is 0 Å². The molecule has 3 heteroatoms. The van der Waals surface area contributed by atoms with E-state index >= 15 is 5.25 Å².